The van der Waals surface area contributed by atoms with E-state index in [1.165, 1.54) is 5.56 Å². The second-order valence-corrected chi connectivity index (χ2v) is 3.36. The van der Waals surface area contributed by atoms with Gasteiger partial charge in [0.25, 0.3) is 0 Å². The smallest absolute Gasteiger partial charge is 0.179 e. The molecular formula is C12H16N2. The van der Waals surface area contributed by atoms with Crippen molar-refractivity contribution in [3.8, 4) is 6.19 Å². The molecule has 2 nitrogen and oxygen atoms in total. The van der Waals surface area contributed by atoms with Gasteiger partial charge in [0, 0.05) is 6.54 Å². The van der Waals surface area contributed by atoms with Gasteiger partial charge in [0.15, 0.2) is 6.19 Å². The molecule has 0 aliphatic carbocycles. The zero-order valence-electron chi connectivity index (χ0n) is 8.61. The fourth-order valence-electron chi connectivity index (χ4n) is 1.32. The van der Waals surface area contributed by atoms with Crippen LogP contribution in [-0.2, 0) is 6.54 Å². The van der Waals surface area contributed by atoms with E-state index in [9.17, 15) is 0 Å². The Hall–Kier alpha value is -1.49. The normalized spacial score (nSPS) is 9.43. The molecule has 0 aliphatic rings. The van der Waals surface area contributed by atoms with E-state index in [-0.39, 0.29) is 0 Å². The molecule has 1 rings (SSSR count). The van der Waals surface area contributed by atoms with Crippen LogP contribution in [0.5, 0.6) is 0 Å². The van der Waals surface area contributed by atoms with E-state index in [2.05, 4.69) is 25.2 Å². The summed E-state index contributed by atoms with van der Waals surface area (Å²) in [5, 5.41) is 8.89. The third kappa shape index (κ3) is 3.49. The highest BCUT2D eigenvalue weighted by atomic mass is 15.1. The monoisotopic (exact) mass is 188 g/mol. The molecule has 14 heavy (non-hydrogen) atoms. The first kappa shape index (κ1) is 10.6. The summed E-state index contributed by atoms with van der Waals surface area (Å²) >= 11 is 0. The predicted molar refractivity (Wildman–Crippen MR) is 57.4 cm³/mol. The average Bonchev–Trinajstić information content (AvgIpc) is 2.25. The van der Waals surface area contributed by atoms with Crippen LogP contribution in [0.25, 0.3) is 0 Å². The van der Waals surface area contributed by atoms with E-state index >= 15 is 0 Å². The highest BCUT2D eigenvalue weighted by Gasteiger charge is 2.01. The molecule has 0 saturated carbocycles. The molecule has 0 amide bonds. The third-order valence-electron chi connectivity index (χ3n) is 2.14. The van der Waals surface area contributed by atoms with E-state index in [1.807, 2.05) is 18.2 Å². The van der Waals surface area contributed by atoms with Crippen LogP contribution in [0.2, 0.25) is 0 Å². The Morgan fingerprint density at radius 2 is 2.00 bits per heavy atom. The van der Waals surface area contributed by atoms with Gasteiger partial charge in [-0.15, -0.1) is 0 Å². The van der Waals surface area contributed by atoms with E-state index in [0.29, 0.717) is 0 Å². The Bertz CT molecular complexity index is 287. The van der Waals surface area contributed by atoms with Crippen molar-refractivity contribution in [3.05, 3.63) is 35.9 Å². The Labute approximate surface area is 85.8 Å². The maximum absolute atomic E-state index is 8.89. The molecule has 0 fully saturated rings. The number of nitriles is 1. The molecule has 74 valence electrons. The predicted octanol–water partition coefficient (Wildman–Crippen LogP) is 2.77. The van der Waals surface area contributed by atoms with Gasteiger partial charge < -0.3 is 4.90 Å². The van der Waals surface area contributed by atoms with Crippen molar-refractivity contribution in [3.63, 3.8) is 0 Å². The molecule has 0 radical (unpaired) electrons. The summed E-state index contributed by atoms with van der Waals surface area (Å²) in [7, 11) is 0. The van der Waals surface area contributed by atoms with Crippen molar-refractivity contribution >= 4 is 0 Å². The minimum Gasteiger partial charge on any atom is -0.306 e. The van der Waals surface area contributed by atoms with Crippen LogP contribution >= 0.6 is 0 Å². The van der Waals surface area contributed by atoms with Crippen LogP contribution in [0.1, 0.15) is 25.3 Å². The van der Waals surface area contributed by atoms with Gasteiger partial charge in [-0.1, -0.05) is 43.7 Å². The van der Waals surface area contributed by atoms with Crippen LogP contribution in [0.15, 0.2) is 30.3 Å². The molecule has 0 aromatic heterocycles. The molecule has 0 unspecified atom stereocenters. The lowest BCUT2D eigenvalue weighted by Crippen LogP contribution is -2.18. The molecule has 0 atom stereocenters. The number of unbranched alkanes of at least 4 members (excludes halogenated alkanes) is 1. The average molecular weight is 188 g/mol. The fraction of sp³-hybridized carbons (Fsp3) is 0.417. The van der Waals surface area contributed by atoms with E-state index in [0.717, 1.165) is 25.9 Å². The van der Waals surface area contributed by atoms with Crippen LogP contribution in [-0.4, -0.2) is 11.4 Å². The highest BCUT2D eigenvalue weighted by Crippen LogP contribution is 2.04. The van der Waals surface area contributed by atoms with Crippen LogP contribution < -0.4 is 0 Å². The minimum atomic E-state index is 0.733. The molecule has 0 heterocycles. The van der Waals surface area contributed by atoms with Crippen LogP contribution in [0.4, 0.5) is 0 Å². The summed E-state index contributed by atoms with van der Waals surface area (Å²) in [6, 6.07) is 10.1. The van der Waals surface area contributed by atoms with Gasteiger partial charge in [-0.3, -0.25) is 0 Å². The Morgan fingerprint density at radius 1 is 1.29 bits per heavy atom. The summed E-state index contributed by atoms with van der Waals surface area (Å²) in [6.07, 6.45) is 4.43. The summed E-state index contributed by atoms with van der Waals surface area (Å²) in [5.74, 6) is 0. The molecule has 0 spiro atoms. The molecule has 2 heteroatoms. The minimum absolute atomic E-state index is 0.733. The summed E-state index contributed by atoms with van der Waals surface area (Å²) in [4.78, 5) is 1.80. The van der Waals surface area contributed by atoms with Gasteiger partial charge in [0.05, 0.1) is 6.54 Å². The maximum atomic E-state index is 8.89. The molecule has 0 aliphatic heterocycles. The Kier molecular flexibility index (Phi) is 4.57. The first-order valence-electron chi connectivity index (χ1n) is 5.05. The molecule has 0 saturated heterocycles. The van der Waals surface area contributed by atoms with Gasteiger partial charge >= 0.3 is 0 Å². The van der Waals surface area contributed by atoms with Gasteiger partial charge in [-0.2, -0.15) is 5.26 Å². The Morgan fingerprint density at radius 3 is 2.57 bits per heavy atom. The van der Waals surface area contributed by atoms with E-state index < -0.39 is 0 Å². The van der Waals surface area contributed by atoms with Crippen LogP contribution in [0.3, 0.4) is 0 Å². The molecule has 1 aromatic carbocycles. The molecule has 1 aromatic rings. The fourth-order valence-corrected chi connectivity index (χ4v) is 1.32. The standard InChI is InChI=1S/C12H16N2/c1-2-3-9-14(11-13)10-12-7-5-4-6-8-12/h4-8H,2-3,9-10H2,1H3. The van der Waals surface area contributed by atoms with Crippen molar-refractivity contribution in [1.82, 2.24) is 4.90 Å². The summed E-state index contributed by atoms with van der Waals surface area (Å²) in [5.41, 5.74) is 1.20. The largest absolute Gasteiger partial charge is 0.306 e. The topological polar surface area (TPSA) is 27.0 Å². The highest BCUT2D eigenvalue weighted by molar-refractivity contribution is 5.14. The van der Waals surface area contributed by atoms with Gasteiger partial charge in [-0.25, -0.2) is 0 Å². The first-order chi connectivity index (χ1) is 6.86. The van der Waals surface area contributed by atoms with Gasteiger partial charge in [-0.05, 0) is 12.0 Å². The first-order valence-corrected chi connectivity index (χ1v) is 5.05. The summed E-state index contributed by atoms with van der Waals surface area (Å²) < 4.78 is 0. The molecule has 0 N–H and O–H groups in total. The molecular weight excluding hydrogens is 172 g/mol. The quantitative estimate of drug-likeness (QED) is 0.525. The van der Waals surface area contributed by atoms with E-state index in [4.69, 9.17) is 5.26 Å². The Balaban J connectivity index is 2.46. The van der Waals surface area contributed by atoms with E-state index in [1.54, 1.807) is 4.90 Å². The van der Waals surface area contributed by atoms with Crippen molar-refractivity contribution in [1.29, 1.82) is 5.26 Å². The maximum Gasteiger partial charge on any atom is 0.179 e. The number of rotatable bonds is 5. The SMILES string of the molecule is CCCCN(C#N)Cc1ccccc1. The van der Waals surface area contributed by atoms with Crippen molar-refractivity contribution in [2.75, 3.05) is 6.54 Å². The number of nitrogens with zero attached hydrogens (tertiary/aromatic N) is 2. The lowest BCUT2D eigenvalue weighted by molar-refractivity contribution is 0.376. The number of hydrogen-bond donors (Lipinski definition) is 0. The van der Waals surface area contributed by atoms with Crippen LogP contribution in [0, 0.1) is 11.5 Å². The lowest BCUT2D eigenvalue weighted by Gasteiger charge is -2.14. The van der Waals surface area contributed by atoms with Gasteiger partial charge in [0.2, 0.25) is 0 Å². The van der Waals surface area contributed by atoms with Gasteiger partial charge in [0.1, 0.15) is 0 Å². The zero-order chi connectivity index (χ0) is 10.2. The summed E-state index contributed by atoms with van der Waals surface area (Å²) in [6.45, 7) is 3.73. The van der Waals surface area contributed by atoms with Crippen molar-refractivity contribution in [2.45, 2.75) is 26.3 Å². The third-order valence-corrected chi connectivity index (χ3v) is 2.14. The second-order valence-electron chi connectivity index (χ2n) is 3.36. The molecule has 0 bridgehead atoms. The number of benzene rings is 1. The lowest BCUT2D eigenvalue weighted by atomic mass is 10.2. The second kappa shape index (κ2) is 6.04. The zero-order valence-corrected chi connectivity index (χ0v) is 8.61. The van der Waals surface area contributed by atoms with Crippen molar-refractivity contribution in [2.24, 2.45) is 0 Å². The van der Waals surface area contributed by atoms with Crippen molar-refractivity contribution < 1.29 is 0 Å². The number of hydrogen-bond acceptors (Lipinski definition) is 2.